The highest BCUT2D eigenvalue weighted by Gasteiger charge is 2.31. The Balaban J connectivity index is 1.46. The highest BCUT2D eigenvalue weighted by molar-refractivity contribution is 5.82. The number of nitrogens with zero attached hydrogens (tertiary/aromatic N) is 4. The Morgan fingerprint density at radius 1 is 1.15 bits per heavy atom. The van der Waals surface area contributed by atoms with Gasteiger partial charge in [0, 0.05) is 24.5 Å². The normalized spacial score (nSPS) is 16.0. The lowest BCUT2D eigenvalue weighted by Gasteiger charge is -2.19. The van der Waals surface area contributed by atoms with E-state index in [2.05, 4.69) is 33.8 Å². The first-order valence-electron chi connectivity index (χ1n) is 11.8. The summed E-state index contributed by atoms with van der Waals surface area (Å²) >= 11 is 0. The van der Waals surface area contributed by atoms with Crippen molar-refractivity contribution in [1.29, 1.82) is 0 Å². The molecule has 3 aromatic heterocycles. The molecule has 8 heteroatoms. The summed E-state index contributed by atoms with van der Waals surface area (Å²) in [5, 5.41) is 17.9. The van der Waals surface area contributed by atoms with E-state index in [1.54, 1.807) is 30.8 Å². The summed E-state index contributed by atoms with van der Waals surface area (Å²) in [7, 11) is 0. The number of benzene rings is 1. The molecule has 34 heavy (non-hydrogen) atoms. The largest absolute Gasteiger partial charge is 0.384 e. The second-order valence-corrected chi connectivity index (χ2v) is 9.75. The number of aliphatic hydroxyl groups is 1. The van der Waals surface area contributed by atoms with Crippen LogP contribution < -0.4 is 16.2 Å². The van der Waals surface area contributed by atoms with Gasteiger partial charge in [-0.05, 0) is 75.0 Å². The molecule has 1 aliphatic heterocycles. The minimum atomic E-state index is -1.08. The van der Waals surface area contributed by atoms with Gasteiger partial charge in [-0.15, -0.1) is 0 Å². The third-order valence-corrected chi connectivity index (χ3v) is 6.60. The second-order valence-electron chi connectivity index (χ2n) is 9.75. The lowest BCUT2D eigenvalue weighted by atomic mass is 10.0. The summed E-state index contributed by atoms with van der Waals surface area (Å²) in [5.41, 5.74) is 3.80. The Labute approximate surface area is 197 Å². The summed E-state index contributed by atoms with van der Waals surface area (Å²) in [6, 6.07) is 14.0. The Bertz CT molecular complexity index is 1460. The molecule has 2 aliphatic rings. The number of rotatable bonds is 5. The van der Waals surface area contributed by atoms with Crippen molar-refractivity contribution in [3.05, 3.63) is 75.8 Å². The highest BCUT2D eigenvalue weighted by Crippen LogP contribution is 2.36. The topological polar surface area (TPSA) is 97.0 Å². The molecular formula is C26H28N6O2. The average molecular weight is 457 g/mol. The molecule has 0 radical (unpaired) electrons. The van der Waals surface area contributed by atoms with Crippen molar-refractivity contribution in [1.82, 2.24) is 24.6 Å². The number of fused-ring (bicyclic) bond motifs is 2. The lowest BCUT2D eigenvalue weighted by molar-refractivity contribution is 0.0738. The van der Waals surface area contributed by atoms with Crippen LogP contribution in [-0.4, -0.2) is 31.0 Å². The van der Waals surface area contributed by atoms with Crippen molar-refractivity contribution in [2.24, 2.45) is 0 Å². The fraction of sp³-hybridized carbons (Fsp3) is 0.346. The van der Waals surface area contributed by atoms with Gasteiger partial charge in [0.1, 0.15) is 11.4 Å². The van der Waals surface area contributed by atoms with E-state index in [0.717, 1.165) is 43.6 Å². The van der Waals surface area contributed by atoms with Crippen LogP contribution in [0.5, 0.6) is 0 Å². The molecule has 0 saturated heterocycles. The molecule has 0 amide bonds. The van der Waals surface area contributed by atoms with Crippen molar-refractivity contribution in [2.75, 3.05) is 11.9 Å². The van der Waals surface area contributed by atoms with Crippen molar-refractivity contribution >= 4 is 22.4 Å². The van der Waals surface area contributed by atoms with Crippen LogP contribution in [0.25, 0.3) is 16.7 Å². The van der Waals surface area contributed by atoms with Crippen molar-refractivity contribution in [2.45, 2.75) is 51.3 Å². The summed E-state index contributed by atoms with van der Waals surface area (Å²) < 4.78 is 3.68. The molecular weight excluding hydrogens is 428 g/mol. The van der Waals surface area contributed by atoms with E-state index >= 15 is 0 Å². The van der Waals surface area contributed by atoms with Gasteiger partial charge in [-0.1, -0.05) is 12.1 Å². The SMILES string of the molecule is CC(C)(O)c1cccc(-n2c3cc(Nc4ccc5c(c4)CCNC5)ncc3c(=O)n2C2CC2)n1. The summed E-state index contributed by atoms with van der Waals surface area (Å²) in [6.45, 7) is 5.30. The molecule has 1 aromatic carbocycles. The molecule has 4 aromatic rings. The van der Waals surface area contributed by atoms with Crippen molar-refractivity contribution in [3.63, 3.8) is 0 Å². The zero-order valence-electron chi connectivity index (χ0n) is 19.4. The average Bonchev–Trinajstić information content (AvgIpc) is 3.62. The molecule has 4 heterocycles. The second kappa shape index (κ2) is 7.78. The van der Waals surface area contributed by atoms with Crippen LogP contribution in [-0.2, 0) is 18.6 Å². The fourth-order valence-corrected chi connectivity index (χ4v) is 4.65. The minimum absolute atomic E-state index is 0.0618. The van der Waals surface area contributed by atoms with Gasteiger partial charge in [0.15, 0.2) is 5.82 Å². The van der Waals surface area contributed by atoms with E-state index < -0.39 is 5.60 Å². The van der Waals surface area contributed by atoms with Crippen LogP contribution in [0.2, 0.25) is 0 Å². The van der Waals surface area contributed by atoms with E-state index in [-0.39, 0.29) is 11.6 Å². The highest BCUT2D eigenvalue weighted by atomic mass is 16.3. The standard InChI is InChI=1S/C26H28N6O2/c1-26(2,34)22-4-3-5-24(30-22)32-21-13-23(28-15-20(21)25(33)31(32)19-8-9-19)29-18-7-6-17-14-27-11-10-16(17)12-18/h3-7,12-13,15,19,27,34H,8-11,14H2,1-2H3,(H,28,29). The summed E-state index contributed by atoms with van der Waals surface area (Å²) in [5.74, 6) is 1.28. The smallest absolute Gasteiger partial charge is 0.276 e. The quantitative estimate of drug-likeness (QED) is 0.425. The number of nitrogens with one attached hydrogen (secondary N) is 2. The van der Waals surface area contributed by atoms with Crippen LogP contribution >= 0.6 is 0 Å². The zero-order valence-corrected chi connectivity index (χ0v) is 19.4. The molecule has 1 aliphatic carbocycles. The number of hydrogen-bond acceptors (Lipinski definition) is 6. The Hall–Kier alpha value is -3.49. The van der Waals surface area contributed by atoms with E-state index in [9.17, 15) is 9.90 Å². The van der Waals surface area contributed by atoms with Crippen LogP contribution in [0.4, 0.5) is 11.5 Å². The molecule has 0 spiro atoms. The number of aromatic nitrogens is 4. The Morgan fingerprint density at radius 2 is 2.00 bits per heavy atom. The van der Waals surface area contributed by atoms with Gasteiger partial charge in [-0.25, -0.2) is 19.3 Å². The van der Waals surface area contributed by atoms with Crippen LogP contribution in [0.15, 0.2) is 53.5 Å². The monoisotopic (exact) mass is 456 g/mol. The molecule has 0 unspecified atom stereocenters. The summed E-state index contributed by atoms with van der Waals surface area (Å²) in [4.78, 5) is 22.6. The third-order valence-electron chi connectivity index (χ3n) is 6.60. The van der Waals surface area contributed by atoms with Crippen LogP contribution in [0.1, 0.15) is 49.6 Å². The molecule has 8 nitrogen and oxygen atoms in total. The molecule has 6 rings (SSSR count). The number of hydrogen-bond donors (Lipinski definition) is 3. The van der Waals surface area contributed by atoms with Gasteiger partial charge in [0.25, 0.3) is 5.56 Å². The first-order chi connectivity index (χ1) is 16.4. The van der Waals surface area contributed by atoms with Crippen LogP contribution in [0.3, 0.4) is 0 Å². The number of anilines is 2. The third kappa shape index (κ3) is 3.69. The van der Waals surface area contributed by atoms with Crippen LogP contribution in [0, 0.1) is 0 Å². The zero-order chi connectivity index (χ0) is 23.4. The van der Waals surface area contributed by atoms with Gasteiger partial charge in [0.2, 0.25) is 0 Å². The molecule has 0 atom stereocenters. The maximum atomic E-state index is 13.3. The number of pyridine rings is 2. The first kappa shape index (κ1) is 21.1. The molecule has 0 bridgehead atoms. The minimum Gasteiger partial charge on any atom is -0.384 e. The molecule has 3 N–H and O–H groups in total. The predicted molar refractivity (Wildman–Crippen MR) is 132 cm³/mol. The predicted octanol–water partition coefficient (Wildman–Crippen LogP) is 3.53. The summed E-state index contributed by atoms with van der Waals surface area (Å²) in [6.07, 6.45) is 4.58. The van der Waals surface area contributed by atoms with Crippen molar-refractivity contribution < 1.29 is 5.11 Å². The molecule has 1 saturated carbocycles. The van der Waals surface area contributed by atoms with Gasteiger partial charge < -0.3 is 15.7 Å². The first-order valence-corrected chi connectivity index (χ1v) is 11.8. The van der Waals surface area contributed by atoms with Gasteiger partial charge in [0.05, 0.1) is 22.6 Å². The maximum Gasteiger partial charge on any atom is 0.276 e. The molecule has 174 valence electrons. The van der Waals surface area contributed by atoms with Gasteiger partial charge in [-0.3, -0.25) is 4.79 Å². The van der Waals surface area contributed by atoms with E-state index in [4.69, 9.17) is 4.98 Å². The Kier molecular flexibility index (Phi) is 4.82. The Morgan fingerprint density at radius 3 is 2.79 bits per heavy atom. The van der Waals surface area contributed by atoms with Gasteiger partial charge >= 0.3 is 0 Å². The molecule has 1 fully saturated rings. The lowest BCUT2D eigenvalue weighted by Crippen LogP contribution is -2.23. The van der Waals surface area contributed by atoms with Gasteiger partial charge in [-0.2, -0.15) is 0 Å². The fourth-order valence-electron chi connectivity index (χ4n) is 4.65. The van der Waals surface area contributed by atoms with E-state index in [1.807, 2.05) is 22.9 Å². The van der Waals surface area contributed by atoms with E-state index in [0.29, 0.717) is 22.7 Å². The van der Waals surface area contributed by atoms with Crippen molar-refractivity contribution in [3.8, 4) is 5.82 Å². The maximum absolute atomic E-state index is 13.3. The van der Waals surface area contributed by atoms with E-state index in [1.165, 1.54) is 11.1 Å².